The predicted molar refractivity (Wildman–Crippen MR) is 75.9 cm³/mol. The number of nitrogens with one attached hydrogen (secondary N) is 1. The third kappa shape index (κ3) is 1.45. The van der Waals surface area contributed by atoms with Gasteiger partial charge in [-0.05, 0) is 37.3 Å². The van der Waals surface area contributed by atoms with Gasteiger partial charge in [0.15, 0.2) is 10.8 Å². The molecule has 2 bridgehead atoms. The first-order chi connectivity index (χ1) is 8.43. The highest BCUT2D eigenvalue weighted by atomic mass is 35.5. The third-order valence-corrected chi connectivity index (χ3v) is 4.84. The fourth-order valence-electron chi connectivity index (χ4n) is 2.76. The molecule has 0 spiro atoms. The van der Waals surface area contributed by atoms with Gasteiger partial charge in [0.2, 0.25) is 0 Å². The molecule has 18 heavy (non-hydrogen) atoms. The van der Waals surface area contributed by atoms with Gasteiger partial charge in [-0.15, -0.1) is 0 Å². The molecule has 1 fully saturated rings. The minimum Gasteiger partial charge on any atom is -0.467 e. The van der Waals surface area contributed by atoms with Crippen LogP contribution in [0.25, 0.3) is 0 Å². The first-order valence-corrected chi connectivity index (χ1v) is 6.75. The summed E-state index contributed by atoms with van der Waals surface area (Å²) in [6.07, 6.45) is 0. The molecule has 3 nitrogen and oxygen atoms in total. The van der Waals surface area contributed by atoms with Crippen LogP contribution < -0.4 is 10.1 Å². The molecule has 2 aliphatic heterocycles. The van der Waals surface area contributed by atoms with Crippen molar-refractivity contribution in [2.45, 2.75) is 25.6 Å². The molecule has 1 N–H and O–H groups in total. The summed E-state index contributed by atoms with van der Waals surface area (Å²) in [7, 11) is 1.96. The van der Waals surface area contributed by atoms with Crippen molar-refractivity contribution in [2.24, 2.45) is 5.92 Å². The number of rotatable bonds is 0. The van der Waals surface area contributed by atoms with Gasteiger partial charge in [-0.25, -0.2) is 0 Å². The molecule has 1 aromatic carbocycles. The number of nitrogens with zero attached hydrogens (tertiary/aromatic N) is 1. The van der Waals surface area contributed by atoms with E-state index in [9.17, 15) is 0 Å². The van der Waals surface area contributed by atoms with E-state index in [1.165, 1.54) is 0 Å². The van der Waals surface area contributed by atoms with Crippen LogP contribution in [-0.2, 0) is 0 Å². The summed E-state index contributed by atoms with van der Waals surface area (Å²) in [5.74, 6) is 1.16. The highest BCUT2D eigenvalue weighted by Crippen LogP contribution is 2.47. The molecule has 96 valence electrons. The minimum atomic E-state index is -0.409. The van der Waals surface area contributed by atoms with Crippen molar-refractivity contribution in [3.63, 3.8) is 0 Å². The van der Waals surface area contributed by atoms with E-state index >= 15 is 0 Å². The van der Waals surface area contributed by atoms with E-state index < -0.39 is 5.72 Å². The molecular weight excluding hydrogens is 268 g/mol. The number of halogens is 1. The Bertz CT molecular complexity index is 536. The van der Waals surface area contributed by atoms with Crippen LogP contribution in [0.5, 0.6) is 5.75 Å². The maximum absolute atomic E-state index is 6.18. The number of fused-ring (bicyclic) bond motifs is 4. The summed E-state index contributed by atoms with van der Waals surface area (Å²) < 4.78 is 6.18. The highest BCUT2D eigenvalue weighted by Gasteiger charge is 2.51. The van der Waals surface area contributed by atoms with Gasteiger partial charge in [0.1, 0.15) is 5.75 Å². The molecule has 1 aromatic rings. The van der Waals surface area contributed by atoms with E-state index in [-0.39, 0.29) is 12.0 Å². The maximum atomic E-state index is 6.18. The van der Waals surface area contributed by atoms with Crippen molar-refractivity contribution < 1.29 is 4.74 Å². The van der Waals surface area contributed by atoms with Gasteiger partial charge in [0.05, 0.1) is 6.04 Å². The molecule has 3 rings (SSSR count). The molecule has 0 saturated carbocycles. The monoisotopic (exact) mass is 282 g/mol. The Labute approximate surface area is 117 Å². The summed E-state index contributed by atoms with van der Waals surface area (Å²) in [5.41, 5.74) is 0.677. The highest BCUT2D eigenvalue weighted by molar-refractivity contribution is 7.80. The van der Waals surface area contributed by atoms with Gasteiger partial charge in [0, 0.05) is 23.6 Å². The lowest BCUT2D eigenvalue weighted by Crippen LogP contribution is -2.67. The Morgan fingerprint density at radius 2 is 2.22 bits per heavy atom. The summed E-state index contributed by atoms with van der Waals surface area (Å²) in [4.78, 5) is 1.99. The fourth-order valence-corrected chi connectivity index (χ4v) is 3.25. The second-order valence-electron chi connectivity index (χ2n) is 5.11. The Morgan fingerprint density at radius 1 is 1.50 bits per heavy atom. The number of hydrogen-bond acceptors (Lipinski definition) is 2. The summed E-state index contributed by atoms with van der Waals surface area (Å²) in [6, 6.07) is 5.89. The number of thiocarbonyl (C=S) groups is 1. The van der Waals surface area contributed by atoms with E-state index in [1.807, 2.05) is 30.1 Å². The molecule has 5 heteroatoms. The molecule has 2 heterocycles. The summed E-state index contributed by atoms with van der Waals surface area (Å²) >= 11 is 11.4. The van der Waals surface area contributed by atoms with Crippen molar-refractivity contribution in [1.82, 2.24) is 10.2 Å². The van der Waals surface area contributed by atoms with Gasteiger partial charge < -0.3 is 15.0 Å². The van der Waals surface area contributed by atoms with Crippen LogP contribution in [-0.4, -0.2) is 22.8 Å². The summed E-state index contributed by atoms with van der Waals surface area (Å²) in [5, 5.41) is 4.81. The number of benzene rings is 1. The molecule has 2 aliphatic rings. The Morgan fingerprint density at radius 3 is 2.94 bits per heavy atom. The largest absolute Gasteiger partial charge is 0.467 e. The molecule has 0 aromatic heterocycles. The van der Waals surface area contributed by atoms with Crippen LogP contribution >= 0.6 is 23.8 Å². The van der Waals surface area contributed by atoms with Crippen LogP contribution in [0.2, 0.25) is 5.02 Å². The number of ether oxygens (including phenoxy) is 1. The maximum Gasteiger partial charge on any atom is 0.186 e. The van der Waals surface area contributed by atoms with E-state index in [1.54, 1.807) is 0 Å². The second kappa shape index (κ2) is 3.75. The molecule has 0 radical (unpaired) electrons. The van der Waals surface area contributed by atoms with Crippen LogP contribution in [0.1, 0.15) is 25.5 Å². The third-order valence-electron chi connectivity index (χ3n) is 4.22. The Hall–Kier alpha value is -1.00. The van der Waals surface area contributed by atoms with E-state index in [2.05, 4.69) is 19.2 Å². The Balaban J connectivity index is 2.17. The first kappa shape index (κ1) is 12.1. The predicted octanol–water partition coefficient (Wildman–Crippen LogP) is 2.95. The van der Waals surface area contributed by atoms with Crippen LogP contribution in [0.15, 0.2) is 18.2 Å². The zero-order valence-electron chi connectivity index (χ0n) is 10.5. The van der Waals surface area contributed by atoms with Gasteiger partial charge in [0.25, 0.3) is 0 Å². The minimum absolute atomic E-state index is 0.154. The lowest BCUT2D eigenvalue weighted by Gasteiger charge is -2.55. The first-order valence-electron chi connectivity index (χ1n) is 5.96. The van der Waals surface area contributed by atoms with Crippen molar-refractivity contribution >= 4 is 28.9 Å². The normalized spacial score (nSPS) is 33.6. The SMILES string of the molecule is CC1C2NC(=S)N(C)C1(C)Oc1ccc(Cl)cc12. The van der Waals surface area contributed by atoms with Gasteiger partial charge in [-0.3, -0.25) is 0 Å². The van der Waals surface area contributed by atoms with E-state index in [0.29, 0.717) is 5.11 Å². The molecule has 0 aliphatic carbocycles. The van der Waals surface area contributed by atoms with Crippen LogP contribution in [0.4, 0.5) is 0 Å². The van der Waals surface area contributed by atoms with Gasteiger partial charge in [-0.1, -0.05) is 18.5 Å². The van der Waals surface area contributed by atoms with Crippen LogP contribution in [0.3, 0.4) is 0 Å². The topological polar surface area (TPSA) is 24.5 Å². The fraction of sp³-hybridized carbons (Fsp3) is 0.462. The average molecular weight is 283 g/mol. The van der Waals surface area contributed by atoms with Gasteiger partial charge in [-0.2, -0.15) is 0 Å². The lowest BCUT2D eigenvalue weighted by atomic mass is 9.81. The Kier molecular flexibility index (Phi) is 2.51. The molecule has 3 unspecified atom stereocenters. The molecular formula is C13H15ClN2OS. The van der Waals surface area contributed by atoms with Crippen molar-refractivity contribution in [3.05, 3.63) is 28.8 Å². The molecule has 1 saturated heterocycles. The smallest absolute Gasteiger partial charge is 0.186 e. The van der Waals surface area contributed by atoms with Crippen molar-refractivity contribution in [2.75, 3.05) is 7.05 Å². The van der Waals surface area contributed by atoms with Crippen molar-refractivity contribution in [3.8, 4) is 5.75 Å². The number of hydrogen-bond donors (Lipinski definition) is 1. The lowest BCUT2D eigenvalue weighted by molar-refractivity contribution is -0.0998. The van der Waals surface area contributed by atoms with E-state index in [0.717, 1.165) is 16.3 Å². The van der Waals surface area contributed by atoms with Crippen LogP contribution in [0, 0.1) is 5.92 Å². The average Bonchev–Trinajstić information content (AvgIpc) is 2.33. The molecule has 0 amide bonds. The zero-order chi connectivity index (χ0) is 13.1. The quantitative estimate of drug-likeness (QED) is 0.740. The standard InChI is InChI=1S/C13H15ClN2OS/c1-7-11-9-6-8(14)4-5-10(9)17-13(7,2)16(3)12(18)15-11/h4-7,11H,1-3H3,(H,15,18). The van der Waals surface area contributed by atoms with E-state index in [4.69, 9.17) is 28.6 Å². The van der Waals surface area contributed by atoms with Gasteiger partial charge >= 0.3 is 0 Å². The molecule has 3 atom stereocenters. The zero-order valence-corrected chi connectivity index (χ0v) is 12.1. The second-order valence-corrected chi connectivity index (χ2v) is 5.94. The summed E-state index contributed by atoms with van der Waals surface area (Å²) in [6.45, 7) is 4.25. The van der Waals surface area contributed by atoms with Crippen molar-refractivity contribution in [1.29, 1.82) is 0 Å².